The van der Waals surface area contributed by atoms with Crippen LogP contribution in [0.4, 0.5) is 5.82 Å². The molecule has 0 bridgehead atoms. The largest absolute Gasteiger partial charge is 0.380 e. The second-order valence-electron chi connectivity index (χ2n) is 5.66. The molecule has 1 aliphatic heterocycles. The molecule has 6 heteroatoms. The summed E-state index contributed by atoms with van der Waals surface area (Å²) in [6.45, 7) is 10.1. The smallest absolute Gasteiger partial charge is 0.156 e. The Bertz CT molecular complexity index is 599. The average Bonchev–Trinajstić information content (AvgIpc) is 3.04. The summed E-state index contributed by atoms with van der Waals surface area (Å²) < 4.78 is 7.63. The van der Waals surface area contributed by atoms with Crippen LogP contribution in [0, 0.1) is 0 Å². The highest BCUT2D eigenvalue weighted by atomic mass is 16.5. The van der Waals surface area contributed by atoms with Crippen LogP contribution in [-0.4, -0.2) is 64.7 Å². The summed E-state index contributed by atoms with van der Waals surface area (Å²) in [6, 6.07) is 0.563. The van der Waals surface area contributed by atoms with Crippen molar-refractivity contribution < 1.29 is 4.74 Å². The number of hydrogen-bond donors (Lipinski definition) is 0. The van der Waals surface area contributed by atoms with Crippen molar-refractivity contribution in [3.05, 3.63) is 24.8 Å². The Hall–Kier alpha value is -1.66. The predicted molar refractivity (Wildman–Crippen MR) is 87.3 cm³/mol. The Morgan fingerprint density at radius 3 is 3.00 bits per heavy atom. The van der Waals surface area contributed by atoms with Gasteiger partial charge in [-0.15, -0.1) is 0 Å². The highest BCUT2D eigenvalue weighted by Crippen LogP contribution is 2.20. The van der Waals surface area contributed by atoms with E-state index in [2.05, 4.69) is 31.1 Å². The molecule has 0 aromatic carbocycles. The summed E-state index contributed by atoms with van der Waals surface area (Å²) in [5.74, 6) is 1.14. The lowest BCUT2D eigenvalue weighted by atomic mass is 10.1. The van der Waals surface area contributed by atoms with Crippen molar-refractivity contribution in [3.8, 4) is 0 Å². The third kappa shape index (κ3) is 3.08. The summed E-state index contributed by atoms with van der Waals surface area (Å²) in [7, 11) is 0. The first-order valence-corrected chi connectivity index (χ1v) is 8.17. The van der Waals surface area contributed by atoms with Gasteiger partial charge in [0.2, 0.25) is 0 Å². The van der Waals surface area contributed by atoms with E-state index in [4.69, 9.17) is 4.74 Å². The molecule has 1 aliphatic rings. The number of hydrogen-bond acceptors (Lipinski definition) is 5. The zero-order chi connectivity index (χ0) is 15.4. The second kappa shape index (κ2) is 7.07. The molecular weight excluding hydrogens is 278 g/mol. The van der Waals surface area contributed by atoms with Gasteiger partial charge >= 0.3 is 0 Å². The van der Waals surface area contributed by atoms with Gasteiger partial charge in [0, 0.05) is 51.2 Å². The van der Waals surface area contributed by atoms with E-state index in [-0.39, 0.29) is 0 Å². The van der Waals surface area contributed by atoms with Crippen molar-refractivity contribution in [2.45, 2.75) is 26.3 Å². The van der Waals surface area contributed by atoms with Crippen LogP contribution in [0.2, 0.25) is 0 Å². The molecular formula is C16H25N5O. The fourth-order valence-corrected chi connectivity index (χ4v) is 3.18. The number of ether oxygens (including phenoxy) is 1. The Balaban J connectivity index is 1.71. The van der Waals surface area contributed by atoms with Crippen LogP contribution in [-0.2, 0) is 4.74 Å². The summed E-state index contributed by atoms with van der Waals surface area (Å²) in [4.78, 5) is 13.6. The zero-order valence-corrected chi connectivity index (χ0v) is 13.5. The van der Waals surface area contributed by atoms with Gasteiger partial charge in [-0.3, -0.25) is 14.3 Å². The molecule has 22 heavy (non-hydrogen) atoms. The van der Waals surface area contributed by atoms with Crippen LogP contribution < -0.4 is 4.90 Å². The van der Waals surface area contributed by atoms with Crippen LogP contribution >= 0.6 is 0 Å². The summed E-state index contributed by atoms with van der Waals surface area (Å²) >= 11 is 0. The van der Waals surface area contributed by atoms with Crippen molar-refractivity contribution in [1.82, 2.24) is 19.3 Å². The molecule has 3 rings (SSSR count). The Kier molecular flexibility index (Phi) is 4.90. The van der Waals surface area contributed by atoms with E-state index in [9.17, 15) is 0 Å². The van der Waals surface area contributed by atoms with Crippen LogP contribution in [0.15, 0.2) is 24.8 Å². The van der Waals surface area contributed by atoms with E-state index in [1.807, 2.05) is 25.5 Å². The fraction of sp³-hybridized carbons (Fsp3) is 0.625. The molecule has 2 aromatic rings. The Morgan fingerprint density at radius 2 is 2.18 bits per heavy atom. The molecule has 0 spiro atoms. The molecule has 0 saturated carbocycles. The molecule has 1 fully saturated rings. The Morgan fingerprint density at radius 1 is 1.27 bits per heavy atom. The van der Waals surface area contributed by atoms with E-state index in [1.54, 1.807) is 6.20 Å². The molecule has 1 unspecified atom stereocenters. The number of aromatic nitrogens is 3. The van der Waals surface area contributed by atoms with Gasteiger partial charge in [-0.25, -0.2) is 4.98 Å². The van der Waals surface area contributed by atoms with E-state index in [0.29, 0.717) is 6.04 Å². The normalized spacial score (nSPS) is 19.9. The predicted octanol–water partition coefficient (Wildman–Crippen LogP) is 1.67. The first kappa shape index (κ1) is 15.2. The molecule has 3 heterocycles. The highest BCUT2D eigenvalue weighted by molar-refractivity contribution is 5.49. The lowest BCUT2D eigenvalue weighted by Crippen LogP contribution is -2.54. The lowest BCUT2D eigenvalue weighted by molar-refractivity contribution is 0.0868. The van der Waals surface area contributed by atoms with Gasteiger partial charge < -0.3 is 9.64 Å². The van der Waals surface area contributed by atoms with Crippen LogP contribution in [0.25, 0.3) is 5.65 Å². The van der Waals surface area contributed by atoms with E-state index in [0.717, 1.165) is 57.3 Å². The van der Waals surface area contributed by atoms with Gasteiger partial charge in [-0.1, -0.05) is 6.92 Å². The van der Waals surface area contributed by atoms with Gasteiger partial charge in [-0.2, -0.15) is 0 Å². The number of nitrogens with zero attached hydrogens (tertiary/aromatic N) is 5. The molecule has 0 aliphatic carbocycles. The van der Waals surface area contributed by atoms with Gasteiger partial charge in [0.1, 0.15) is 5.82 Å². The van der Waals surface area contributed by atoms with Crippen molar-refractivity contribution in [3.63, 3.8) is 0 Å². The molecule has 0 amide bonds. The van der Waals surface area contributed by atoms with Gasteiger partial charge in [0.25, 0.3) is 0 Å². The van der Waals surface area contributed by atoms with Gasteiger partial charge in [-0.05, 0) is 13.3 Å². The zero-order valence-electron chi connectivity index (χ0n) is 13.5. The monoisotopic (exact) mass is 303 g/mol. The van der Waals surface area contributed by atoms with Crippen molar-refractivity contribution >= 4 is 11.5 Å². The maximum absolute atomic E-state index is 5.51. The molecule has 1 saturated heterocycles. The minimum atomic E-state index is 0.563. The second-order valence-corrected chi connectivity index (χ2v) is 5.66. The van der Waals surface area contributed by atoms with E-state index in [1.165, 1.54) is 0 Å². The summed E-state index contributed by atoms with van der Waals surface area (Å²) in [5, 5.41) is 0. The Labute approximate surface area is 131 Å². The summed E-state index contributed by atoms with van der Waals surface area (Å²) in [6.07, 6.45) is 8.73. The van der Waals surface area contributed by atoms with Crippen LogP contribution in [0.3, 0.4) is 0 Å². The van der Waals surface area contributed by atoms with Gasteiger partial charge in [0.05, 0.1) is 19.0 Å². The quantitative estimate of drug-likeness (QED) is 0.760. The molecule has 6 nitrogen and oxygen atoms in total. The van der Waals surface area contributed by atoms with E-state index < -0.39 is 0 Å². The molecule has 0 N–H and O–H groups in total. The maximum Gasteiger partial charge on any atom is 0.156 e. The topological polar surface area (TPSA) is 45.9 Å². The molecule has 120 valence electrons. The molecule has 0 radical (unpaired) electrons. The first-order valence-electron chi connectivity index (χ1n) is 8.17. The maximum atomic E-state index is 5.51. The minimum absolute atomic E-state index is 0.563. The van der Waals surface area contributed by atoms with Crippen LogP contribution in [0.1, 0.15) is 20.3 Å². The van der Waals surface area contributed by atoms with Crippen LogP contribution in [0.5, 0.6) is 0 Å². The molecule has 2 aromatic heterocycles. The standard InChI is InChI=1S/C16H25N5O/c1-3-14-13-20(8-7-19(14)9-10-22-4-2)16-12-17-11-15-18-5-6-21(15)16/h5-6,11-12,14H,3-4,7-10,13H2,1-2H3. The SMILES string of the molecule is CCOCCN1CCN(c2cncc3nccn23)CC1CC. The number of piperazine rings is 1. The fourth-order valence-electron chi connectivity index (χ4n) is 3.18. The third-order valence-corrected chi connectivity index (χ3v) is 4.42. The molecule has 1 atom stereocenters. The van der Waals surface area contributed by atoms with Crippen molar-refractivity contribution in [2.24, 2.45) is 0 Å². The number of imidazole rings is 1. The van der Waals surface area contributed by atoms with Gasteiger partial charge in [0.15, 0.2) is 5.65 Å². The van der Waals surface area contributed by atoms with Crippen molar-refractivity contribution in [1.29, 1.82) is 0 Å². The lowest BCUT2D eigenvalue weighted by Gasteiger charge is -2.42. The third-order valence-electron chi connectivity index (χ3n) is 4.42. The number of rotatable bonds is 6. The number of anilines is 1. The number of fused-ring (bicyclic) bond motifs is 1. The first-order chi connectivity index (χ1) is 10.8. The summed E-state index contributed by atoms with van der Waals surface area (Å²) in [5.41, 5.74) is 0.907. The highest BCUT2D eigenvalue weighted by Gasteiger charge is 2.26. The van der Waals surface area contributed by atoms with Crippen molar-refractivity contribution in [2.75, 3.05) is 44.3 Å². The average molecular weight is 303 g/mol. The van der Waals surface area contributed by atoms with E-state index >= 15 is 0 Å². The minimum Gasteiger partial charge on any atom is -0.380 e.